The number of ether oxygens (including phenoxy) is 1. The highest BCUT2D eigenvalue weighted by atomic mass is 35.5. The molecule has 1 aromatic carbocycles. The summed E-state index contributed by atoms with van der Waals surface area (Å²) in [5, 5.41) is 11.0. The van der Waals surface area contributed by atoms with E-state index in [0.717, 1.165) is 12.1 Å². The summed E-state index contributed by atoms with van der Waals surface area (Å²) in [6.07, 6.45) is 1.26. The Morgan fingerprint density at radius 3 is 2.57 bits per heavy atom. The summed E-state index contributed by atoms with van der Waals surface area (Å²) in [5.74, 6) is 0.321. The van der Waals surface area contributed by atoms with E-state index in [1.165, 1.54) is 32.4 Å². The molecule has 1 heterocycles. The monoisotopic (exact) mass is 357 g/mol. The Labute approximate surface area is 137 Å². The molecule has 0 saturated heterocycles. The number of nitro benzene ring substituents is 1. The highest BCUT2D eigenvalue weighted by molar-refractivity contribution is 7.92. The number of rotatable bonds is 5. The first-order valence-corrected chi connectivity index (χ1v) is 8.08. The molecule has 0 saturated carbocycles. The van der Waals surface area contributed by atoms with Crippen molar-refractivity contribution in [3.8, 4) is 5.88 Å². The van der Waals surface area contributed by atoms with Crippen LogP contribution in [-0.2, 0) is 10.0 Å². The van der Waals surface area contributed by atoms with Gasteiger partial charge in [-0.3, -0.25) is 14.8 Å². The van der Waals surface area contributed by atoms with Gasteiger partial charge in [0.2, 0.25) is 5.88 Å². The van der Waals surface area contributed by atoms with E-state index in [-0.39, 0.29) is 26.9 Å². The second kappa shape index (κ2) is 6.39. The summed E-state index contributed by atoms with van der Waals surface area (Å²) in [4.78, 5) is 13.9. The van der Waals surface area contributed by atoms with Crippen molar-refractivity contribution >= 4 is 33.0 Å². The van der Waals surface area contributed by atoms with Gasteiger partial charge >= 0.3 is 0 Å². The predicted molar refractivity (Wildman–Crippen MR) is 84.4 cm³/mol. The summed E-state index contributed by atoms with van der Waals surface area (Å²) in [6.45, 7) is 1.44. The lowest BCUT2D eigenvalue weighted by atomic mass is 10.2. The number of nitrogens with one attached hydrogen (secondary N) is 1. The molecule has 122 valence electrons. The topological polar surface area (TPSA) is 111 Å². The van der Waals surface area contributed by atoms with Gasteiger partial charge in [0.25, 0.3) is 15.7 Å². The summed E-state index contributed by atoms with van der Waals surface area (Å²) in [5.41, 5.74) is 0.0117. The van der Waals surface area contributed by atoms with Crippen LogP contribution < -0.4 is 9.46 Å². The SMILES string of the molecule is COc1ccc(NS(=O)(=O)c2cc(Cl)c(C)c([N+](=O)[O-])c2)cn1. The van der Waals surface area contributed by atoms with Crippen LogP contribution in [0.25, 0.3) is 0 Å². The van der Waals surface area contributed by atoms with Crippen molar-refractivity contribution in [1.29, 1.82) is 0 Å². The molecule has 0 spiro atoms. The van der Waals surface area contributed by atoms with Crippen LogP contribution in [0.3, 0.4) is 0 Å². The van der Waals surface area contributed by atoms with Gasteiger partial charge in [-0.25, -0.2) is 13.4 Å². The van der Waals surface area contributed by atoms with Crippen molar-refractivity contribution in [2.24, 2.45) is 0 Å². The second-order valence-corrected chi connectivity index (χ2v) is 6.59. The van der Waals surface area contributed by atoms with E-state index in [9.17, 15) is 18.5 Å². The number of anilines is 1. The van der Waals surface area contributed by atoms with E-state index in [2.05, 4.69) is 9.71 Å². The number of halogens is 1. The van der Waals surface area contributed by atoms with Crippen molar-refractivity contribution in [2.45, 2.75) is 11.8 Å². The van der Waals surface area contributed by atoms with Crippen molar-refractivity contribution in [2.75, 3.05) is 11.8 Å². The number of pyridine rings is 1. The minimum atomic E-state index is -4.05. The number of hydrogen-bond donors (Lipinski definition) is 1. The molecule has 0 fully saturated rings. The smallest absolute Gasteiger partial charge is 0.275 e. The molecule has 10 heteroatoms. The lowest BCUT2D eigenvalue weighted by molar-refractivity contribution is -0.385. The zero-order valence-electron chi connectivity index (χ0n) is 12.1. The summed E-state index contributed by atoms with van der Waals surface area (Å²) in [6, 6.07) is 5.04. The molecular formula is C13H12ClN3O5S. The highest BCUT2D eigenvalue weighted by Gasteiger charge is 2.22. The molecular weight excluding hydrogens is 346 g/mol. The van der Waals surface area contributed by atoms with Gasteiger partial charge in [-0.1, -0.05) is 11.6 Å². The quantitative estimate of drug-likeness (QED) is 0.650. The number of methoxy groups -OCH3 is 1. The molecule has 2 rings (SSSR count). The van der Waals surface area contributed by atoms with Gasteiger partial charge in [-0.05, 0) is 19.1 Å². The molecule has 0 radical (unpaired) electrons. The molecule has 1 N–H and O–H groups in total. The summed E-state index contributed by atoms with van der Waals surface area (Å²) < 4.78 is 31.8. The van der Waals surface area contributed by atoms with Crippen LogP contribution in [0.1, 0.15) is 5.56 Å². The van der Waals surface area contributed by atoms with Gasteiger partial charge < -0.3 is 4.74 Å². The minimum absolute atomic E-state index is 0.00701. The van der Waals surface area contributed by atoms with Gasteiger partial charge in [-0.2, -0.15) is 0 Å². The molecule has 0 aliphatic rings. The van der Waals surface area contributed by atoms with E-state index in [1.54, 1.807) is 0 Å². The van der Waals surface area contributed by atoms with Crippen LogP contribution in [0.2, 0.25) is 5.02 Å². The summed E-state index contributed by atoms with van der Waals surface area (Å²) >= 11 is 5.89. The molecule has 23 heavy (non-hydrogen) atoms. The zero-order chi connectivity index (χ0) is 17.2. The fourth-order valence-corrected chi connectivity index (χ4v) is 3.13. The third kappa shape index (κ3) is 3.69. The number of hydrogen-bond acceptors (Lipinski definition) is 6. The highest BCUT2D eigenvalue weighted by Crippen LogP contribution is 2.30. The Bertz CT molecular complexity index is 853. The first-order chi connectivity index (χ1) is 10.7. The molecule has 0 bridgehead atoms. The van der Waals surface area contributed by atoms with Gasteiger partial charge in [0, 0.05) is 17.7 Å². The van der Waals surface area contributed by atoms with Crippen molar-refractivity contribution in [1.82, 2.24) is 4.98 Å². The van der Waals surface area contributed by atoms with Gasteiger partial charge in [0.1, 0.15) is 0 Å². The molecule has 0 atom stereocenters. The average Bonchev–Trinajstić information content (AvgIpc) is 2.49. The van der Waals surface area contributed by atoms with Crippen LogP contribution in [0.4, 0.5) is 11.4 Å². The Kier molecular flexibility index (Phi) is 4.71. The second-order valence-electron chi connectivity index (χ2n) is 4.50. The van der Waals surface area contributed by atoms with Crippen LogP contribution in [0.15, 0.2) is 35.4 Å². The van der Waals surface area contributed by atoms with Gasteiger partial charge in [-0.15, -0.1) is 0 Å². The van der Waals surface area contributed by atoms with Crippen LogP contribution >= 0.6 is 11.6 Å². The molecule has 0 unspecified atom stereocenters. The van der Waals surface area contributed by atoms with Gasteiger partial charge in [0.15, 0.2) is 0 Å². The third-order valence-electron chi connectivity index (χ3n) is 3.00. The Hall–Kier alpha value is -2.39. The third-order valence-corrected chi connectivity index (χ3v) is 4.75. The maximum atomic E-state index is 12.3. The number of aromatic nitrogens is 1. The number of sulfonamides is 1. The van der Waals surface area contributed by atoms with Gasteiger partial charge in [0.05, 0.1) is 33.8 Å². The van der Waals surface area contributed by atoms with Crippen LogP contribution in [0.5, 0.6) is 5.88 Å². The molecule has 0 amide bonds. The number of nitrogens with zero attached hydrogens (tertiary/aromatic N) is 2. The average molecular weight is 358 g/mol. The molecule has 0 aliphatic carbocycles. The van der Waals surface area contributed by atoms with E-state index < -0.39 is 14.9 Å². The normalized spacial score (nSPS) is 11.1. The van der Waals surface area contributed by atoms with Crippen molar-refractivity contribution < 1.29 is 18.1 Å². The molecule has 0 aliphatic heterocycles. The first-order valence-electron chi connectivity index (χ1n) is 6.22. The maximum Gasteiger partial charge on any atom is 0.275 e. The Morgan fingerprint density at radius 2 is 2.04 bits per heavy atom. The van der Waals surface area contributed by atoms with Crippen LogP contribution in [-0.4, -0.2) is 25.4 Å². The van der Waals surface area contributed by atoms with Crippen molar-refractivity contribution in [3.63, 3.8) is 0 Å². The fourth-order valence-electron chi connectivity index (χ4n) is 1.76. The van der Waals surface area contributed by atoms with E-state index in [0.29, 0.717) is 5.88 Å². The zero-order valence-corrected chi connectivity index (χ0v) is 13.7. The molecule has 1 aromatic heterocycles. The number of nitro groups is 1. The minimum Gasteiger partial charge on any atom is -0.481 e. The van der Waals surface area contributed by atoms with Crippen molar-refractivity contribution in [3.05, 3.63) is 51.2 Å². The fraction of sp³-hybridized carbons (Fsp3) is 0.154. The predicted octanol–water partition coefficient (Wildman–Crippen LogP) is 2.76. The maximum absolute atomic E-state index is 12.3. The lowest BCUT2D eigenvalue weighted by Gasteiger charge is -2.09. The first kappa shape index (κ1) is 17.0. The summed E-state index contributed by atoms with van der Waals surface area (Å²) in [7, 11) is -2.62. The van der Waals surface area contributed by atoms with E-state index in [1.807, 2.05) is 0 Å². The molecule has 8 nitrogen and oxygen atoms in total. The molecule has 2 aromatic rings. The lowest BCUT2D eigenvalue weighted by Crippen LogP contribution is -2.13. The van der Waals surface area contributed by atoms with Crippen LogP contribution in [0, 0.1) is 17.0 Å². The standard InChI is InChI=1S/C13H12ClN3O5S/c1-8-11(14)5-10(6-12(8)17(18)19)23(20,21)16-9-3-4-13(22-2)15-7-9/h3-7,16H,1-2H3. The number of benzene rings is 1. The Morgan fingerprint density at radius 1 is 1.35 bits per heavy atom. The van der Waals surface area contributed by atoms with E-state index in [4.69, 9.17) is 16.3 Å². The van der Waals surface area contributed by atoms with E-state index >= 15 is 0 Å². The Balaban J connectivity index is 2.41. The largest absolute Gasteiger partial charge is 0.481 e.